The van der Waals surface area contributed by atoms with E-state index in [9.17, 15) is 4.79 Å². The fraction of sp³-hybridized carbons (Fsp3) is 0.0625. The highest BCUT2D eigenvalue weighted by Crippen LogP contribution is 2.20. The van der Waals surface area contributed by atoms with Gasteiger partial charge in [-0.3, -0.25) is 4.79 Å². The van der Waals surface area contributed by atoms with Gasteiger partial charge in [0.15, 0.2) is 0 Å². The SMILES string of the molecule is NC(=O)c1ccc(CSc2ncn(-c3ccccc3)n2)cc1. The Kier molecular flexibility index (Phi) is 4.20. The summed E-state index contributed by atoms with van der Waals surface area (Å²) in [5.74, 6) is 0.320. The number of aromatic nitrogens is 3. The molecule has 6 heteroatoms. The molecule has 0 bridgehead atoms. The third-order valence-electron chi connectivity index (χ3n) is 3.10. The molecule has 0 aliphatic rings. The van der Waals surface area contributed by atoms with Gasteiger partial charge in [-0.05, 0) is 29.8 Å². The summed E-state index contributed by atoms with van der Waals surface area (Å²) in [4.78, 5) is 15.3. The normalized spacial score (nSPS) is 10.5. The van der Waals surface area contributed by atoms with Crippen LogP contribution >= 0.6 is 11.8 Å². The van der Waals surface area contributed by atoms with Crippen molar-refractivity contribution in [3.05, 3.63) is 72.1 Å². The number of nitrogens with zero attached hydrogens (tertiary/aromatic N) is 3. The predicted molar refractivity (Wildman–Crippen MR) is 85.9 cm³/mol. The molecule has 5 nitrogen and oxygen atoms in total. The molecule has 0 saturated heterocycles. The van der Waals surface area contributed by atoms with Crippen LogP contribution in [0.1, 0.15) is 15.9 Å². The molecule has 0 atom stereocenters. The van der Waals surface area contributed by atoms with Crippen LogP contribution in [-0.4, -0.2) is 20.7 Å². The highest BCUT2D eigenvalue weighted by Gasteiger charge is 2.05. The van der Waals surface area contributed by atoms with Gasteiger partial charge < -0.3 is 5.73 Å². The number of amides is 1. The number of primary amides is 1. The molecule has 110 valence electrons. The Balaban J connectivity index is 1.65. The van der Waals surface area contributed by atoms with Crippen LogP contribution in [0.25, 0.3) is 5.69 Å². The number of carbonyl (C=O) groups excluding carboxylic acids is 1. The maximum Gasteiger partial charge on any atom is 0.248 e. The van der Waals surface area contributed by atoms with E-state index in [1.165, 1.54) is 0 Å². The molecule has 0 aliphatic carbocycles. The van der Waals surface area contributed by atoms with Crippen molar-refractivity contribution in [1.29, 1.82) is 0 Å². The van der Waals surface area contributed by atoms with Crippen molar-refractivity contribution in [2.75, 3.05) is 0 Å². The summed E-state index contributed by atoms with van der Waals surface area (Å²) >= 11 is 1.54. The second kappa shape index (κ2) is 6.44. The fourth-order valence-electron chi connectivity index (χ4n) is 1.93. The lowest BCUT2D eigenvalue weighted by atomic mass is 10.1. The number of carbonyl (C=O) groups is 1. The molecule has 0 fully saturated rings. The number of rotatable bonds is 5. The van der Waals surface area contributed by atoms with Gasteiger partial charge >= 0.3 is 0 Å². The van der Waals surface area contributed by atoms with E-state index in [2.05, 4.69) is 10.1 Å². The molecule has 2 N–H and O–H groups in total. The number of para-hydroxylation sites is 1. The van der Waals surface area contributed by atoms with Crippen LogP contribution in [0.4, 0.5) is 0 Å². The molecule has 2 aromatic carbocycles. The van der Waals surface area contributed by atoms with Crippen molar-refractivity contribution in [3.8, 4) is 5.69 Å². The van der Waals surface area contributed by atoms with Crippen molar-refractivity contribution >= 4 is 17.7 Å². The Hall–Kier alpha value is -2.60. The molecular formula is C16H14N4OS. The van der Waals surface area contributed by atoms with Gasteiger partial charge in [-0.15, -0.1) is 5.10 Å². The predicted octanol–water partition coefficient (Wildman–Crippen LogP) is 2.66. The summed E-state index contributed by atoms with van der Waals surface area (Å²) in [5.41, 5.74) is 7.80. The van der Waals surface area contributed by atoms with Crippen molar-refractivity contribution in [3.63, 3.8) is 0 Å². The van der Waals surface area contributed by atoms with Crippen LogP contribution < -0.4 is 5.73 Å². The van der Waals surface area contributed by atoms with Gasteiger partial charge in [-0.25, -0.2) is 9.67 Å². The molecule has 1 amide bonds. The van der Waals surface area contributed by atoms with E-state index in [-0.39, 0.29) is 0 Å². The highest BCUT2D eigenvalue weighted by atomic mass is 32.2. The zero-order chi connectivity index (χ0) is 15.4. The minimum atomic E-state index is -0.414. The van der Waals surface area contributed by atoms with Gasteiger partial charge in [0, 0.05) is 11.3 Å². The lowest BCUT2D eigenvalue weighted by molar-refractivity contribution is 0.100. The number of benzene rings is 2. The summed E-state index contributed by atoms with van der Waals surface area (Å²) in [7, 11) is 0. The smallest absolute Gasteiger partial charge is 0.248 e. The zero-order valence-corrected chi connectivity index (χ0v) is 12.5. The lowest BCUT2D eigenvalue weighted by Crippen LogP contribution is -2.10. The molecule has 22 heavy (non-hydrogen) atoms. The summed E-state index contributed by atoms with van der Waals surface area (Å²) in [5, 5.41) is 5.15. The van der Waals surface area contributed by atoms with Gasteiger partial charge in [0.2, 0.25) is 11.1 Å². The fourth-order valence-corrected chi connectivity index (χ4v) is 2.69. The first kappa shape index (κ1) is 14.3. The van der Waals surface area contributed by atoms with Crippen LogP contribution in [0, 0.1) is 0 Å². The van der Waals surface area contributed by atoms with Crippen LogP contribution in [0.5, 0.6) is 0 Å². The third kappa shape index (κ3) is 3.35. The van der Waals surface area contributed by atoms with Crippen LogP contribution in [0.15, 0.2) is 66.1 Å². The second-order valence-corrected chi connectivity index (χ2v) is 5.60. The van der Waals surface area contributed by atoms with E-state index in [0.717, 1.165) is 17.0 Å². The molecule has 3 aromatic rings. The lowest BCUT2D eigenvalue weighted by Gasteiger charge is -2.00. The summed E-state index contributed by atoms with van der Waals surface area (Å²) in [6.07, 6.45) is 1.70. The Labute approximate surface area is 132 Å². The monoisotopic (exact) mass is 310 g/mol. The number of hydrogen-bond donors (Lipinski definition) is 1. The molecule has 0 aliphatic heterocycles. The van der Waals surface area contributed by atoms with Crippen LogP contribution in [0.2, 0.25) is 0 Å². The van der Waals surface area contributed by atoms with Crippen LogP contribution in [0.3, 0.4) is 0 Å². The molecule has 0 saturated carbocycles. The van der Waals surface area contributed by atoms with Crippen LogP contribution in [-0.2, 0) is 5.75 Å². The molecule has 3 rings (SSSR count). The van der Waals surface area contributed by atoms with Crippen molar-refractivity contribution in [2.45, 2.75) is 10.9 Å². The standard InChI is InChI=1S/C16H14N4OS/c17-15(21)13-8-6-12(7-9-13)10-22-16-18-11-20(19-16)14-4-2-1-3-5-14/h1-9,11H,10H2,(H2,17,21). The molecule has 0 spiro atoms. The summed E-state index contributed by atoms with van der Waals surface area (Å²) in [6, 6.07) is 17.1. The number of hydrogen-bond acceptors (Lipinski definition) is 4. The minimum Gasteiger partial charge on any atom is -0.366 e. The minimum absolute atomic E-state index is 0.414. The second-order valence-electron chi connectivity index (χ2n) is 4.66. The van der Waals surface area contributed by atoms with E-state index < -0.39 is 5.91 Å². The quantitative estimate of drug-likeness (QED) is 0.735. The van der Waals surface area contributed by atoms with E-state index in [1.54, 1.807) is 34.9 Å². The number of thioether (sulfide) groups is 1. The maximum absolute atomic E-state index is 11.0. The van der Waals surface area contributed by atoms with Gasteiger partial charge in [-0.1, -0.05) is 42.1 Å². The van der Waals surface area contributed by atoms with Crippen molar-refractivity contribution in [1.82, 2.24) is 14.8 Å². The molecular weight excluding hydrogens is 296 g/mol. The molecule has 1 heterocycles. The van der Waals surface area contributed by atoms with E-state index in [1.807, 2.05) is 42.5 Å². The average molecular weight is 310 g/mol. The molecule has 1 aromatic heterocycles. The maximum atomic E-state index is 11.0. The van der Waals surface area contributed by atoms with Crippen molar-refractivity contribution in [2.24, 2.45) is 5.73 Å². The Morgan fingerprint density at radius 3 is 2.50 bits per heavy atom. The van der Waals surface area contributed by atoms with Crippen molar-refractivity contribution < 1.29 is 4.79 Å². The Morgan fingerprint density at radius 2 is 1.82 bits per heavy atom. The first-order valence-electron chi connectivity index (χ1n) is 6.71. The summed E-state index contributed by atoms with van der Waals surface area (Å²) < 4.78 is 1.75. The Bertz CT molecular complexity index is 768. The van der Waals surface area contributed by atoms with E-state index >= 15 is 0 Å². The zero-order valence-electron chi connectivity index (χ0n) is 11.7. The van der Waals surface area contributed by atoms with Gasteiger partial charge in [-0.2, -0.15) is 0 Å². The first-order valence-corrected chi connectivity index (χ1v) is 7.69. The summed E-state index contributed by atoms with van der Waals surface area (Å²) in [6.45, 7) is 0. The average Bonchev–Trinajstić information content (AvgIpc) is 3.03. The van der Waals surface area contributed by atoms with Gasteiger partial charge in [0.1, 0.15) is 6.33 Å². The molecule has 0 radical (unpaired) electrons. The van der Waals surface area contributed by atoms with E-state index in [4.69, 9.17) is 5.73 Å². The Morgan fingerprint density at radius 1 is 1.09 bits per heavy atom. The van der Waals surface area contributed by atoms with Gasteiger partial charge in [0.25, 0.3) is 0 Å². The van der Waals surface area contributed by atoms with E-state index in [0.29, 0.717) is 10.7 Å². The topological polar surface area (TPSA) is 73.8 Å². The van der Waals surface area contributed by atoms with Gasteiger partial charge in [0.05, 0.1) is 5.69 Å². The largest absolute Gasteiger partial charge is 0.366 e. The first-order chi connectivity index (χ1) is 10.7. The third-order valence-corrected chi connectivity index (χ3v) is 4.02. The number of nitrogens with two attached hydrogens (primary N) is 1. The highest BCUT2D eigenvalue weighted by molar-refractivity contribution is 7.98. The molecule has 0 unspecified atom stereocenters.